The van der Waals surface area contributed by atoms with Crippen molar-refractivity contribution < 1.29 is 24.2 Å². The number of rotatable bonds is 7. The molecule has 1 atom stereocenters. The molecule has 4 rings (SSSR count). The second-order valence-electron chi connectivity index (χ2n) is 8.59. The lowest BCUT2D eigenvalue weighted by Crippen LogP contribution is -2.29. The zero-order valence-corrected chi connectivity index (χ0v) is 20.4. The van der Waals surface area contributed by atoms with Gasteiger partial charge in [-0.15, -0.1) is 0 Å². The molecule has 1 fully saturated rings. The van der Waals surface area contributed by atoms with Crippen LogP contribution in [0.15, 0.2) is 72.3 Å². The summed E-state index contributed by atoms with van der Waals surface area (Å²) < 4.78 is 11.3. The molecular formula is C29H29NO5. The van der Waals surface area contributed by atoms with E-state index in [9.17, 15) is 14.7 Å². The number of amides is 1. The number of aliphatic hydroxyl groups excluding tert-OH is 1. The minimum atomic E-state index is -0.817. The fourth-order valence-electron chi connectivity index (χ4n) is 4.54. The van der Waals surface area contributed by atoms with Gasteiger partial charge in [0, 0.05) is 11.8 Å². The van der Waals surface area contributed by atoms with Gasteiger partial charge in [0.25, 0.3) is 11.7 Å². The van der Waals surface area contributed by atoms with E-state index in [1.807, 2.05) is 63.2 Å². The average molecular weight is 472 g/mol. The van der Waals surface area contributed by atoms with Crippen LogP contribution in [0.4, 0.5) is 5.69 Å². The molecule has 0 aliphatic carbocycles. The first kappa shape index (κ1) is 24.1. The molecule has 1 amide bonds. The van der Waals surface area contributed by atoms with E-state index in [0.717, 1.165) is 17.5 Å². The van der Waals surface area contributed by atoms with Gasteiger partial charge in [-0.25, -0.2) is 0 Å². The third-order valence-electron chi connectivity index (χ3n) is 6.01. The average Bonchev–Trinajstić information content (AvgIpc) is 3.13. The van der Waals surface area contributed by atoms with Crippen LogP contribution in [-0.2, 0) is 9.59 Å². The highest BCUT2D eigenvalue weighted by atomic mass is 16.5. The van der Waals surface area contributed by atoms with Gasteiger partial charge in [-0.1, -0.05) is 49.4 Å². The van der Waals surface area contributed by atoms with Gasteiger partial charge in [0.1, 0.15) is 17.3 Å². The number of hydrogen-bond acceptors (Lipinski definition) is 5. The maximum atomic E-state index is 13.4. The van der Waals surface area contributed by atoms with Crippen molar-refractivity contribution >= 4 is 23.1 Å². The summed E-state index contributed by atoms with van der Waals surface area (Å²) in [4.78, 5) is 28.3. The van der Waals surface area contributed by atoms with Crippen LogP contribution in [0.3, 0.4) is 0 Å². The molecule has 1 saturated heterocycles. The normalized spacial score (nSPS) is 17.0. The zero-order valence-electron chi connectivity index (χ0n) is 20.4. The Morgan fingerprint density at radius 2 is 1.74 bits per heavy atom. The van der Waals surface area contributed by atoms with Gasteiger partial charge in [-0.3, -0.25) is 14.5 Å². The van der Waals surface area contributed by atoms with E-state index in [1.165, 1.54) is 12.0 Å². The molecule has 3 aromatic rings. The Bertz CT molecular complexity index is 1300. The van der Waals surface area contributed by atoms with Crippen LogP contribution in [0, 0.1) is 13.8 Å². The molecule has 1 aliphatic rings. The highest BCUT2D eigenvalue weighted by Crippen LogP contribution is 2.44. The smallest absolute Gasteiger partial charge is 0.300 e. The van der Waals surface area contributed by atoms with Crippen molar-refractivity contribution in [1.82, 2.24) is 0 Å². The molecule has 1 heterocycles. The number of methoxy groups -OCH3 is 1. The van der Waals surface area contributed by atoms with E-state index in [-0.39, 0.29) is 11.3 Å². The molecule has 1 N–H and O–H groups in total. The van der Waals surface area contributed by atoms with Crippen LogP contribution >= 0.6 is 0 Å². The van der Waals surface area contributed by atoms with Crippen molar-refractivity contribution in [1.29, 1.82) is 0 Å². The van der Waals surface area contributed by atoms with E-state index in [1.54, 1.807) is 24.3 Å². The van der Waals surface area contributed by atoms with Gasteiger partial charge >= 0.3 is 0 Å². The zero-order chi connectivity index (χ0) is 25.1. The summed E-state index contributed by atoms with van der Waals surface area (Å²) in [5.74, 6) is -0.661. The van der Waals surface area contributed by atoms with Crippen molar-refractivity contribution in [2.75, 3.05) is 18.6 Å². The number of aryl methyl sites for hydroxylation is 2. The number of hydrogen-bond donors (Lipinski definition) is 1. The Balaban J connectivity index is 1.94. The lowest BCUT2D eigenvalue weighted by Gasteiger charge is -2.26. The molecule has 180 valence electrons. The van der Waals surface area contributed by atoms with Gasteiger partial charge in [-0.2, -0.15) is 0 Å². The number of carbonyl (C=O) groups is 2. The van der Waals surface area contributed by atoms with Crippen LogP contribution in [0.25, 0.3) is 5.76 Å². The first-order valence-corrected chi connectivity index (χ1v) is 11.6. The number of Topliss-reactive ketones (excluding diaryl/α,β-unsaturated/α-hetero) is 1. The Morgan fingerprint density at radius 3 is 2.43 bits per heavy atom. The van der Waals surface area contributed by atoms with Gasteiger partial charge in [0.05, 0.1) is 30.9 Å². The first-order chi connectivity index (χ1) is 16.9. The number of ether oxygens (including phenoxy) is 2. The van der Waals surface area contributed by atoms with Crippen molar-refractivity contribution in [2.45, 2.75) is 33.2 Å². The summed E-state index contributed by atoms with van der Waals surface area (Å²) in [6, 6.07) is 19.2. The van der Waals surface area contributed by atoms with E-state index in [4.69, 9.17) is 9.47 Å². The number of ketones is 1. The van der Waals surface area contributed by atoms with E-state index in [0.29, 0.717) is 34.9 Å². The molecule has 0 spiro atoms. The Morgan fingerprint density at radius 1 is 1.00 bits per heavy atom. The predicted octanol–water partition coefficient (Wildman–Crippen LogP) is 5.73. The number of benzene rings is 3. The minimum absolute atomic E-state index is 0.0179. The molecule has 6 heteroatoms. The maximum Gasteiger partial charge on any atom is 0.300 e. The molecule has 0 saturated carbocycles. The molecule has 0 bridgehead atoms. The molecule has 35 heavy (non-hydrogen) atoms. The van der Waals surface area contributed by atoms with E-state index in [2.05, 4.69) is 0 Å². The molecule has 6 nitrogen and oxygen atoms in total. The second kappa shape index (κ2) is 10.1. The van der Waals surface area contributed by atoms with Crippen LogP contribution in [0.5, 0.6) is 11.5 Å². The van der Waals surface area contributed by atoms with Crippen LogP contribution in [0.2, 0.25) is 0 Å². The largest absolute Gasteiger partial charge is 0.507 e. The number of anilines is 1. The Hall–Kier alpha value is -4.06. The summed E-state index contributed by atoms with van der Waals surface area (Å²) in [7, 11) is 1.52. The van der Waals surface area contributed by atoms with Gasteiger partial charge < -0.3 is 14.6 Å². The number of nitrogens with zero attached hydrogens (tertiary/aromatic N) is 1. The summed E-state index contributed by atoms with van der Waals surface area (Å²) >= 11 is 0. The van der Waals surface area contributed by atoms with E-state index < -0.39 is 17.7 Å². The molecule has 1 aliphatic heterocycles. The van der Waals surface area contributed by atoms with Gasteiger partial charge in [0.2, 0.25) is 0 Å². The highest BCUT2D eigenvalue weighted by molar-refractivity contribution is 6.51. The van der Waals surface area contributed by atoms with Crippen LogP contribution in [-0.4, -0.2) is 30.5 Å². The predicted molar refractivity (Wildman–Crippen MR) is 136 cm³/mol. The van der Waals surface area contributed by atoms with Crippen molar-refractivity contribution in [2.24, 2.45) is 0 Å². The fourth-order valence-corrected chi connectivity index (χ4v) is 4.54. The Labute approximate surface area is 205 Å². The Kier molecular flexibility index (Phi) is 6.92. The first-order valence-electron chi connectivity index (χ1n) is 11.6. The summed E-state index contributed by atoms with van der Waals surface area (Å²) in [6.45, 7) is 6.33. The second-order valence-corrected chi connectivity index (χ2v) is 8.59. The summed E-state index contributed by atoms with van der Waals surface area (Å²) in [5.41, 5.74) is 3.34. The third kappa shape index (κ3) is 4.52. The van der Waals surface area contributed by atoms with E-state index >= 15 is 0 Å². The van der Waals surface area contributed by atoms with Crippen molar-refractivity contribution in [3.05, 3.63) is 94.6 Å². The fraction of sp³-hybridized carbons (Fsp3) is 0.241. The van der Waals surface area contributed by atoms with Crippen LogP contribution < -0.4 is 14.4 Å². The molecule has 0 radical (unpaired) electrons. The third-order valence-corrected chi connectivity index (χ3v) is 6.01. The SMILES string of the molecule is CCCOc1cccc(N2C(=O)C(=O)/C(=C(/O)c3cc(C)cc(C)c3OC)C2c2ccccc2)c1. The standard InChI is InChI=1S/C29H29NO5/c1-5-14-35-22-13-9-12-21(17-22)30-25(20-10-7-6-8-11-20)24(27(32)29(30)33)26(31)23-16-18(2)15-19(3)28(23)34-4/h6-13,15-17,25,31H,5,14H2,1-4H3/b26-24+. The topological polar surface area (TPSA) is 76.1 Å². The maximum absolute atomic E-state index is 13.4. The van der Waals surface area contributed by atoms with Gasteiger partial charge in [0.15, 0.2) is 0 Å². The van der Waals surface area contributed by atoms with Crippen molar-refractivity contribution in [3.63, 3.8) is 0 Å². The number of aliphatic hydroxyl groups is 1. The highest BCUT2D eigenvalue weighted by Gasteiger charge is 2.47. The minimum Gasteiger partial charge on any atom is -0.507 e. The summed E-state index contributed by atoms with van der Waals surface area (Å²) in [6.07, 6.45) is 0.844. The molecule has 0 aromatic heterocycles. The van der Waals surface area contributed by atoms with Crippen molar-refractivity contribution in [3.8, 4) is 11.5 Å². The monoisotopic (exact) mass is 471 g/mol. The molecular weight excluding hydrogens is 442 g/mol. The molecule has 1 unspecified atom stereocenters. The molecule has 3 aromatic carbocycles. The van der Waals surface area contributed by atoms with Crippen LogP contribution in [0.1, 0.15) is 41.6 Å². The lowest BCUT2D eigenvalue weighted by atomic mass is 9.93. The van der Waals surface area contributed by atoms with Gasteiger partial charge in [-0.05, 0) is 55.2 Å². The quantitative estimate of drug-likeness (QED) is 0.271. The summed E-state index contributed by atoms with van der Waals surface area (Å²) in [5, 5.41) is 11.5. The number of carbonyl (C=O) groups excluding carboxylic acids is 2. The lowest BCUT2D eigenvalue weighted by molar-refractivity contribution is -0.132.